The van der Waals surface area contributed by atoms with Crippen LogP contribution in [0, 0.1) is 12.3 Å². The number of terminal acetylenes is 1. The van der Waals surface area contributed by atoms with Gasteiger partial charge in [-0.1, -0.05) is 17.5 Å². The van der Waals surface area contributed by atoms with Gasteiger partial charge in [-0.05, 0) is 24.6 Å². The normalized spacial score (nSPS) is 9.76. The van der Waals surface area contributed by atoms with Crippen molar-refractivity contribution >= 4 is 11.6 Å². The molecule has 0 bridgehead atoms. The minimum atomic E-state index is 0.521. The van der Waals surface area contributed by atoms with Crippen molar-refractivity contribution in [3.8, 4) is 23.8 Å². The molecule has 0 aliphatic carbocycles. The minimum Gasteiger partial charge on any atom is -0.491 e. The molecule has 17 heavy (non-hydrogen) atoms. The van der Waals surface area contributed by atoms with Crippen LogP contribution in [0.4, 0.5) is 0 Å². The van der Waals surface area contributed by atoms with E-state index in [1.807, 2.05) is 19.1 Å². The molecule has 0 aliphatic heterocycles. The fourth-order valence-electron chi connectivity index (χ4n) is 1.46. The number of rotatable bonds is 6. The number of halogens is 1. The molecule has 0 fully saturated rings. The number of hydrogen-bond acceptors (Lipinski definition) is 3. The lowest BCUT2D eigenvalue weighted by molar-refractivity contribution is 0.310. The van der Waals surface area contributed by atoms with E-state index in [0.717, 1.165) is 5.56 Å². The lowest BCUT2D eigenvalue weighted by Gasteiger charge is -2.13. The lowest BCUT2D eigenvalue weighted by Crippen LogP contribution is -2.13. The van der Waals surface area contributed by atoms with Crippen LogP contribution < -0.4 is 14.8 Å². The molecule has 1 rings (SSSR count). The van der Waals surface area contributed by atoms with Crippen LogP contribution in [0.5, 0.6) is 11.5 Å². The maximum Gasteiger partial charge on any atom is 0.179 e. The van der Waals surface area contributed by atoms with E-state index in [-0.39, 0.29) is 0 Å². The Hall–Kier alpha value is -1.37. The topological polar surface area (TPSA) is 30.5 Å². The Bertz CT molecular complexity index is 413. The standard InChI is InChI=1S/C13H16ClNO2/c1-4-6-15-9-10-7-11(14)13(16-3)12(8-10)17-5-2/h1,7-8,15H,5-6,9H2,2-3H3. The van der Waals surface area contributed by atoms with Gasteiger partial charge in [-0.2, -0.15) is 0 Å². The Morgan fingerprint density at radius 1 is 1.47 bits per heavy atom. The predicted octanol–water partition coefficient (Wildman–Crippen LogP) is 2.47. The summed E-state index contributed by atoms with van der Waals surface area (Å²) in [6.45, 7) is 3.64. The van der Waals surface area contributed by atoms with E-state index in [1.165, 1.54) is 0 Å². The van der Waals surface area contributed by atoms with Crippen LogP contribution >= 0.6 is 11.6 Å². The summed E-state index contributed by atoms with van der Waals surface area (Å²) in [6.07, 6.45) is 5.16. The van der Waals surface area contributed by atoms with Crippen molar-refractivity contribution in [3.63, 3.8) is 0 Å². The van der Waals surface area contributed by atoms with Crippen LogP contribution in [0.3, 0.4) is 0 Å². The number of ether oxygens (including phenoxy) is 2. The Morgan fingerprint density at radius 3 is 2.82 bits per heavy atom. The third-order valence-corrected chi connectivity index (χ3v) is 2.41. The van der Waals surface area contributed by atoms with Gasteiger partial charge < -0.3 is 14.8 Å². The molecule has 0 aromatic heterocycles. The highest BCUT2D eigenvalue weighted by atomic mass is 35.5. The molecule has 4 heteroatoms. The van der Waals surface area contributed by atoms with Crippen molar-refractivity contribution in [3.05, 3.63) is 22.7 Å². The van der Waals surface area contributed by atoms with Crippen molar-refractivity contribution in [2.75, 3.05) is 20.3 Å². The second kappa shape index (κ2) is 7.05. The van der Waals surface area contributed by atoms with Gasteiger partial charge in [0.25, 0.3) is 0 Å². The quantitative estimate of drug-likeness (QED) is 0.624. The molecule has 1 N–H and O–H groups in total. The van der Waals surface area contributed by atoms with Crippen molar-refractivity contribution in [2.45, 2.75) is 13.5 Å². The zero-order valence-electron chi connectivity index (χ0n) is 10.0. The Labute approximate surface area is 107 Å². The highest BCUT2D eigenvalue weighted by Gasteiger charge is 2.10. The Kier molecular flexibility index (Phi) is 5.68. The molecular weight excluding hydrogens is 238 g/mol. The monoisotopic (exact) mass is 253 g/mol. The summed E-state index contributed by atoms with van der Waals surface area (Å²) in [5, 5.41) is 3.63. The molecule has 0 aliphatic rings. The SMILES string of the molecule is C#CCNCc1cc(Cl)c(OC)c(OCC)c1. The van der Waals surface area contributed by atoms with Gasteiger partial charge in [0.15, 0.2) is 11.5 Å². The van der Waals surface area contributed by atoms with Gasteiger partial charge in [0.1, 0.15) is 0 Å². The highest BCUT2D eigenvalue weighted by molar-refractivity contribution is 6.32. The molecule has 0 spiro atoms. The van der Waals surface area contributed by atoms with Gasteiger partial charge >= 0.3 is 0 Å². The first-order chi connectivity index (χ1) is 8.22. The molecule has 0 unspecified atom stereocenters. The number of methoxy groups -OCH3 is 1. The third-order valence-electron chi connectivity index (χ3n) is 2.13. The zero-order chi connectivity index (χ0) is 12.7. The molecule has 92 valence electrons. The van der Waals surface area contributed by atoms with E-state index < -0.39 is 0 Å². The summed E-state index contributed by atoms with van der Waals surface area (Å²) in [6, 6.07) is 3.74. The van der Waals surface area contributed by atoms with E-state index in [9.17, 15) is 0 Å². The Balaban J connectivity index is 2.90. The maximum absolute atomic E-state index is 6.11. The Morgan fingerprint density at radius 2 is 2.24 bits per heavy atom. The summed E-state index contributed by atoms with van der Waals surface area (Å²) >= 11 is 6.11. The van der Waals surface area contributed by atoms with Crippen LogP contribution in [-0.4, -0.2) is 20.3 Å². The number of benzene rings is 1. The lowest BCUT2D eigenvalue weighted by atomic mass is 10.2. The van der Waals surface area contributed by atoms with E-state index in [4.69, 9.17) is 27.5 Å². The van der Waals surface area contributed by atoms with Crippen LogP contribution in [0.2, 0.25) is 5.02 Å². The molecular formula is C13H16ClNO2. The largest absolute Gasteiger partial charge is 0.491 e. The second-order valence-corrected chi connectivity index (χ2v) is 3.76. The average molecular weight is 254 g/mol. The second-order valence-electron chi connectivity index (χ2n) is 3.35. The molecule has 1 aromatic carbocycles. The molecule has 0 saturated heterocycles. The maximum atomic E-state index is 6.11. The van der Waals surface area contributed by atoms with Gasteiger partial charge in [0, 0.05) is 6.54 Å². The van der Waals surface area contributed by atoms with Gasteiger partial charge in [-0.25, -0.2) is 0 Å². The first kappa shape index (κ1) is 13.7. The van der Waals surface area contributed by atoms with E-state index in [1.54, 1.807) is 7.11 Å². The minimum absolute atomic E-state index is 0.521. The van der Waals surface area contributed by atoms with Crippen molar-refractivity contribution in [2.24, 2.45) is 0 Å². The smallest absolute Gasteiger partial charge is 0.179 e. The average Bonchev–Trinajstić information content (AvgIpc) is 2.30. The fourth-order valence-corrected chi connectivity index (χ4v) is 1.77. The number of nitrogens with one attached hydrogen (secondary N) is 1. The number of hydrogen-bond donors (Lipinski definition) is 1. The summed E-state index contributed by atoms with van der Waals surface area (Å²) in [5.41, 5.74) is 1.01. The van der Waals surface area contributed by atoms with Crippen LogP contribution in [0.15, 0.2) is 12.1 Å². The van der Waals surface area contributed by atoms with E-state index in [0.29, 0.717) is 36.2 Å². The summed E-state index contributed by atoms with van der Waals surface area (Å²) in [5.74, 6) is 3.73. The summed E-state index contributed by atoms with van der Waals surface area (Å²) in [4.78, 5) is 0. The molecule has 0 atom stereocenters. The van der Waals surface area contributed by atoms with Gasteiger partial charge in [0.2, 0.25) is 0 Å². The van der Waals surface area contributed by atoms with Gasteiger partial charge in [-0.15, -0.1) is 6.42 Å². The van der Waals surface area contributed by atoms with Crippen molar-refractivity contribution < 1.29 is 9.47 Å². The summed E-state index contributed by atoms with van der Waals surface area (Å²) in [7, 11) is 1.57. The van der Waals surface area contributed by atoms with Crippen molar-refractivity contribution in [1.82, 2.24) is 5.32 Å². The van der Waals surface area contributed by atoms with E-state index >= 15 is 0 Å². The molecule has 0 amide bonds. The third kappa shape index (κ3) is 3.85. The van der Waals surface area contributed by atoms with Crippen molar-refractivity contribution in [1.29, 1.82) is 0 Å². The molecule has 0 heterocycles. The molecule has 0 radical (unpaired) electrons. The van der Waals surface area contributed by atoms with E-state index in [2.05, 4.69) is 11.2 Å². The molecule has 3 nitrogen and oxygen atoms in total. The van der Waals surface area contributed by atoms with Crippen LogP contribution in [0.25, 0.3) is 0 Å². The van der Waals surface area contributed by atoms with Crippen LogP contribution in [0.1, 0.15) is 12.5 Å². The fraction of sp³-hybridized carbons (Fsp3) is 0.385. The predicted molar refractivity (Wildman–Crippen MR) is 69.7 cm³/mol. The van der Waals surface area contributed by atoms with Crippen LogP contribution in [-0.2, 0) is 6.54 Å². The molecule has 0 saturated carbocycles. The zero-order valence-corrected chi connectivity index (χ0v) is 10.8. The van der Waals surface area contributed by atoms with Gasteiger partial charge in [-0.3, -0.25) is 0 Å². The van der Waals surface area contributed by atoms with Gasteiger partial charge in [0.05, 0.1) is 25.3 Å². The first-order valence-electron chi connectivity index (χ1n) is 5.36. The highest BCUT2D eigenvalue weighted by Crippen LogP contribution is 2.36. The first-order valence-corrected chi connectivity index (χ1v) is 5.74. The molecule has 1 aromatic rings. The summed E-state index contributed by atoms with van der Waals surface area (Å²) < 4.78 is 10.7.